The molecule has 3 nitrogen and oxygen atoms in total. The van der Waals surface area contributed by atoms with Crippen LogP contribution < -0.4 is 5.32 Å². The average Bonchev–Trinajstić information content (AvgIpc) is 2.28. The van der Waals surface area contributed by atoms with E-state index in [4.69, 9.17) is 0 Å². The van der Waals surface area contributed by atoms with Gasteiger partial charge >= 0.3 is 0 Å². The van der Waals surface area contributed by atoms with Crippen molar-refractivity contribution in [2.24, 2.45) is 0 Å². The number of hydrogen-bond acceptors (Lipinski definition) is 3. The lowest BCUT2D eigenvalue weighted by Crippen LogP contribution is -2.28. The first kappa shape index (κ1) is 12.1. The SMILES string of the molecule is CCCC(CCC)NCc1ccncn1. The largest absolute Gasteiger partial charge is 0.308 e. The molecule has 15 heavy (non-hydrogen) atoms. The lowest BCUT2D eigenvalue weighted by atomic mass is 10.1. The Morgan fingerprint density at radius 2 is 2.00 bits per heavy atom. The van der Waals surface area contributed by atoms with Gasteiger partial charge in [-0.05, 0) is 18.9 Å². The molecule has 0 aliphatic carbocycles. The van der Waals surface area contributed by atoms with Gasteiger partial charge in [-0.3, -0.25) is 0 Å². The first-order chi connectivity index (χ1) is 7.36. The van der Waals surface area contributed by atoms with E-state index in [1.54, 1.807) is 12.5 Å². The summed E-state index contributed by atoms with van der Waals surface area (Å²) in [5.74, 6) is 0. The van der Waals surface area contributed by atoms with Crippen LogP contribution in [0.15, 0.2) is 18.6 Å². The van der Waals surface area contributed by atoms with E-state index in [9.17, 15) is 0 Å². The third-order valence-corrected chi connectivity index (χ3v) is 2.49. The summed E-state index contributed by atoms with van der Waals surface area (Å²) in [6.45, 7) is 5.32. The van der Waals surface area contributed by atoms with Crippen LogP contribution in [0.3, 0.4) is 0 Å². The summed E-state index contributed by atoms with van der Waals surface area (Å²) in [5, 5.41) is 3.55. The smallest absolute Gasteiger partial charge is 0.115 e. The van der Waals surface area contributed by atoms with Crippen molar-refractivity contribution in [1.82, 2.24) is 15.3 Å². The van der Waals surface area contributed by atoms with Crippen LogP contribution in [-0.4, -0.2) is 16.0 Å². The van der Waals surface area contributed by atoms with Gasteiger partial charge in [-0.25, -0.2) is 9.97 Å². The summed E-state index contributed by atoms with van der Waals surface area (Å²) < 4.78 is 0. The molecule has 1 aromatic heterocycles. The molecule has 0 radical (unpaired) electrons. The van der Waals surface area contributed by atoms with Gasteiger partial charge < -0.3 is 5.32 Å². The van der Waals surface area contributed by atoms with Gasteiger partial charge in [0.1, 0.15) is 6.33 Å². The lowest BCUT2D eigenvalue weighted by Gasteiger charge is -2.16. The molecule has 1 rings (SSSR count). The van der Waals surface area contributed by atoms with Crippen molar-refractivity contribution in [2.45, 2.75) is 52.1 Å². The highest BCUT2D eigenvalue weighted by atomic mass is 14.9. The summed E-state index contributed by atoms with van der Waals surface area (Å²) in [6.07, 6.45) is 8.37. The Bertz CT molecular complexity index is 242. The molecule has 3 heteroatoms. The van der Waals surface area contributed by atoms with E-state index >= 15 is 0 Å². The summed E-state index contributed by atoms with van der Waals surface area (Å²) >= 11 is 0. The molecule has 0 amide bonds. The van der Waals surface area contributed by atoms with Crippen molar-refractivity contribution in [2.75, 3.05) is 0 Å². The second-order valence-corrected chi connectivity index (χ2v) is 3.86. The fraction of sp³-hybridized carbons (Fsp3) is 0.667. The summed E-state index contributed by atoms with van der Waals surface area (Å²) in [4.78, 5) is 8.10. The van der Waals surface area contributed by atoms with Crippen molar-refractivity contribution in [3.63, 3.8) is 0 Å². The van der Waals surface area contributed by atoms with E-state index in [1.165, 1.54) is 25.7 Å². The zero-order valence-electron chi connectivity index (χ0n) is 9.74. The van der Waals surface area contributed by atoms with E-state index in [1.807, 2.05) is 6.07 Å². The van der Waals surface area contributed by atoms with Crippen LogP contribution in [0.4, 0.5) is 0 Å². The number of nitrogens with zero attached hydrogens (tertiary/aromatic N) is 2. The predicted octanol–water partition coefficient (Wildman–Crippen LogP) is 2.54. The topological polar surface area (TPSA) is 37.8 Å². The van der Waals surface area contributed by atoms with Crippen molar-refractivity contribution in [1.29, 1.82) is 0 Å². The number of rotatable bonds is 7. The maximum Gasteiger partial charge on any atom is 0.115 e. The highest BCUT2D eigenvalue weighted by Crippen LogP contribution is 2.05. The molecule has 0 aliphatic rings. The minimum atomic E-state index is 0.634. The molecule has 1 heterocycles. The summed E-state index contributed by atoms with van der Waals surface area (Å²) in [6, 6.07) is 2.59. The second kappa shape index (κ2) is 7.35. The Balaban J connectivity index is 2.33. The molecule has 0 saturated carbocycles. The van der Waals surface area contributed by atoms with Crippen LogP contribution in [0.5, 0.6) is 0 Å². The molecule has 1 aromatic rings. The Morgan fingerprint density at radius 1 is 1.27 bits per heavy atom. The standard InChI is InChI=1S/C12H21N3/c1-3-5-11(6-4-2)14-9-12-7-8-13-10-15-12/h7-8,10-11,14H,3-6,9H2,1-2H3. The predicted molar refractivity (Wildman–Crippen MR) is 62.5 cm³/mol. The van der Waals surface area contributed by atoms with Crippen molar-refractivity contribution >= 4 is 0 Å². The maximum absolute atomic E-state index is 4.20. The zero-order valence-corrected chi connectivity index (χ0v) is 9.74. The van der Waals surface area contributed by atoms with E-state index in [0.29, 0.717) is 6.04 Å². The molecule has 0 aliphatic heterocycles. The monoisotopic (exact) mass is 207 g/mol. The fourth-order valence-electron chi connectivity index (χ4n) is 1.72. The Labute approximate surface area is 92.3 Å². The van der Waals surface area contributed by atoms with Gasteiger partial charge in [-0.1, -0.05) is 26.7 Å². The maximum atomic E-state index is 4.20. The molecule has 84 valence electrons. The third kappa shape index (κ3) is 4.88. The molecule has 0 unspecified atom stereocenters. The zero-order chi connectivity index (χ0) is 10.9. The van der Waals surface area contributed by atoms with Crippen LogP contribution in [0.1, 0.15) is 45.2 Å². The molecule has 0 bridgehead atoms. The molecule has 0 saturated heterocycles. The van der Waals surface area contributed by atoms with Crippen LogP contribution in [0.2, 0.25) is 0 Å². The van der Waals surface area contributed by atoms with Gasteiger partial charge in [0.15, 0.2) is 0 Å². The van der Waals surface area contributed by atoms with Gasteiger partial charge in [0.25, 0.3) is 0 Å². The van der Waals surface area contributed by atoms with E-state index < -0.39 is 0 Å². The molecular weight excluding hydrogens is 186 g/mol. The minimum absolute atomic E-state index is 0.634. The molecule has 1 N–H and O–H groups in total. The Morgan fingerprint density at radius 3 is 2.53 bits per heavy atom. The van der Waals surface area contributed by atoms with Gasteiger partial charge in [0.05, 0.1) is 5.69 Å². The van der Waals surface area contributed by atoms with Gasteiger partial charge in [-0.2, -0.15) is 0 Å². The first-order valence-electron chi connectivity index (χ1n) is 5.85. The Hall–Kier alpha value is -0.960. The first-order valence-corrected chi connectivity index (χ1v) is 5.85. The van der Waals surface area contributed by atoms with Crippen LogP contribution in [0.25, 0.3) is 0 Å². The van der Waals surface area contributed by atoms with Crippen molar-refractivity contribution < 1.29 is 0 Å². The van der Waals surface area contributed by atoms with Crippen LogP contribution in [0, 0.1) is 0 Å². The number of hydrogen-bond donors (Lipinski definition) is 1. The number of aromatic nitrogens is 2. The van der Waals surface area contributed by atoms with Crippen LogP contribution >= 0.6 is 0 Å². The normalized spacial score (nSPS) is 10.9. The van der Waals surface area contributed by atoms with E-state index in [0.717, 1.165) is 12.2 Å². The third-order valence-electron chi connectivity index (χ3n) is 2.49. The molecule has 0 spiro atoms. The van der Waals surface area contributed by atoms with E-state index in [-0.39, 0.29) is 0 Å². The van der Waals surface area contributed by atoms with Crippen LogP contribution in [-0.2, 0) is 6.54 Å². The van der Waals surface area contributed by atoms with Gasteiger partial charge in [0.2, 0.25) is 0 Å². The Kier molecular flexibility index (Phi) is 5.93. The summed E-state index contributed by atoms with van der Waals surface area (Å²) in [7, 11) is 0. The quantitative estimate of drug-likeness (QED) is 0.746. The van der Waals surface area contributed by atoms with E-state index in [2.05, 4.69) is 29.1 Å². The minimum Gasteiger partial charge on any atom is -0.308 e. The molecule has 0 atom stereocenters. The van der Waals surface area contributed by atoms with Crippen molar-refractivity contribution in [3.05, 3.63) is 24.3 Å². The molecule has 0 aromatic carbocycles. The number of nitrogens with one attached hydrogen (secondary N) is 1. The van der Waals surface area contributed by atoms with Gasteiger partial charge in [-0.15, -0.1) is 0 Å². The second-order valence-electron chi connectivity index (χ2n) is 3.86. The fourth-order valence-corrected chi connectivity index (χ4v) is 1.72. The summed E-state index contributed by atoms with van der Waals surface area (Å²) in [5.41, 5.74) is 1.07. The lowest BCUT2D eigenvalue weighted by molar-refractivity contribution is 0.440. The van der Waals surface area contributed by atoms with Crippen molar-refractivity contribution in [3.8, 4) is 0 Å². The average molecular weight is 207 g/mol. The highest BCUT2D eigenvalue weighted by molar-refractivity contribution is 4.97. The highest BCUT2D eigenvalue weighted by Gasteiger charge is 2.05. The van der Waals surface area contributed by atoms with Gasteiger partial charge in [0, 0.05) is 18.8 Å². The molecular formula is C12H21N3. The molecule has 0 fully saturated rings.